The Hall–Kier alpha value is -2.18. The maximum Gasteiger partial charge on any atom is 0.224 e. The van der Waals surface area contributed by atoms with Gasteiger partial charge in [-0.05, 0) is 87.7 Å². The molecule has 2 aromatic rings. The van der Waals surface area contributed by atoms with E-state index in [0.717, 1.165) is 37.8 Å². The first kappa shape index (κ1) is 25.4. The molecule has 3 rings (SSSR count). The lowest BCUT2D eigenvalue weighted by Gasteiger charge is -2.44. The van der Waals surface area contributed by atoms with E-state index in [-0.39, 0.29) is 23.4 Å². The largest absolute Gasteiger partial charge is 0.353 e. The molecular formula is C27H39N3O2S. The van der Waals surface area contributed by atoms with E-state index >= 15 is 0 Å². The van der Waals surface area contributed by atoms with E-state index in [2.05, 4.69) is 73.1 Å². The van der Waals surface area contributed by atoms with Gasteiger partial charge in [-0.2, -0.15) is 0 Å². The van der Waals surface area contributed by atoms with Crippen molar-refractivity contribution in [1.82, 2.24) is 10.2 Å². The average molecular weight is 470 g/mol. The third-order valence-corrected chi connectivity index (χ3v) is 8.26. The molecule has 0 spiro atoms. The van der Waals surface area contributed by atoms with Gasteiger partial charge in [0.1, 0.15) is 0 Å². The summed E-state index contributed by atoms with van der Waals surface area (Å²) in [4.78, 5) is 28.5. The number of nitrogens with one attached hydrogen (secondary N) is 2. The van der Waals surface area contributed by atoms with Crippen LogP contribution >= 0.6 is 11.3 Å². The number of thiophene rings is 1. The Kier molecular flexibility index (Phi) is 9.10. The number of benzene rings is 1. The summed E-state index contributed by atoms with van der Waals surface area (Å²) < 4.78 is 0. The zero-order chi connectivity index (χ0) is 23.8. The van der Waals surface area contributed by atoms with Crippen molar-refractivity contribution in [2.24, 2.45) is 0 Å². The van der Waals surface area contributed by atoms with Crippen molar-refractivity contribution in [3.8, 4) is 0 Å². The zero-order valence-electron chi connectivity index (χ0n) is 20.5. The van der Waals surface area contributed by atoms with Crippen LogP contribution in [0.25, 0.3) is 0 Å². The molecule has 1 atom stereocenters. The summed E-state index contributed by atoms with van der Waals surface area (Å²) in [7, 11) is 4.31. The van der Waals surface area contributed by atoms with Crippen LogP contribution in [0.3, 0.4) is 0 Å². The lowest BCUT2D eigenvalue weighted by Crippen LogP contribution is -2.48. The summed E-state index contributed by atoms with van der Waals surface area (Å²) in [5.74, 6) is 0.537. The Bertz CT molecular complexity index is 885. The fourth-order valence-corrected chi connectivity index (χ4v) is 5.83. The van der Waals surface area contributed by atoms with Crippen molar-refractivity contribution >= 4 is 28.8 Å². The Morgan fingerprint density at radius 3 is 2.33 bits per heavy atom. The van der Waals surface area contributed by atoms with Crippen LogP contribution in [-0.2, 0) is 15.1 Å². The standard InChI is InChI=1S/C27H39N3O2S/c1-5-20(2)21-11-13-22(14-12-21)28-25(31)9-6-10-26(32)29-23-15-17-27(18-16-23,30(3)4)24-8-7-19-33-24/h7-8,11-14,19-20,23H,5-6,9-10,15-18H2,1-4H3,(H,28,31)(H,29,32). The second-order valence-corrected chi connectivity index (χ2v) is 10.5. The van der Waals surface area contributed by atoms with Crippen molar-refractivity contribution in [3.63, 3.8) is 0 Å². The minimum absolute atomic E-state index is 0.0385. The highest BCUT2D eigenvalue weighted by Gasteiger charge is 2.39. The van der Waals surface area contributed by atoms with Crippen molar-refractivity contribution in [3.05, 3.63) is 52.2 Å². The Morgan fingerprint density at radius 2 is 1.76 bits per heavy atom. The quantitative estimate of drug-likeness (QED) is 0.456. The molecule has 2 amide bonds. The Labute approximate surface area is 203 Å². The first-order valence-corrected chi connectivity index (χ1v) is 13.1. The summed E-state index contributed by atoms with van der Waals surface area (Å²) in [6.07, 6.45) is 6.46. The summed E-state index contributed by atoms with van der Waals surface area (Å²) in [5, 5.41) is 8.29. The molecule has 0 aliphatic heterocycles. The molecule has 2 N–H and O–H groups in total. The van der Waals surface area contributed by atoms with E-state index < -0.39 is 0 Å². The molecular weight excluding hydrogens is 430 g/mol. The van der Waals surface area contributed by atoms with E-state index in [1.807, 2.05) is 23.5 Å². The molecule has 1 unspecified atom stereocenters. The summed E-state index contributed by atoms with van der Waals surface area (Å²) in [5.41, 5.74) is 2.18. The summed E-state index contributed by atoms with van der Waals surface area (Å²) in [6, 6.07) is 12.6. The van der Waals surface area contributed by atoms with Gasteiger partial charge in [-0.15, -0.1) is 11.3 Å². The van der Waals surface area contributed by atoms with Gasteiger partial charge >= 0.3 is 0 Å². The molecule has 1 saturated carbocycles. The molecule has 1 aromatic heterocycles. The first-order chi connectivity index (χ1) is 15.8. The molecule has 33 heavy (non-hydrogen) atoms. The van der Waals surface area contributed by atoms with Gasteiger partial charge in [0.05, 0.1) is 5.54 Å². The molecule has 6 heteroatoms. The summed E-state index contributed by atoms with van der Waals surface area (Å²) in [6.45, 7) is 4.38. The Balaban J connectivity index is 1.37. The number of hydrogen-bond acceptors (Lipinski definition) is 4. The van der Waals surface area contributed by atoms with E-state index in [1.165, 1.54) is 10.4 Å². The number of hydrogen-bond donors (Lipinski definition) is 2. The predicted octanol–water partition coefficient (Wildman–Crippen LogP) is 5.89. The highest BCUT2D eigenvalue weighted by Crippen LogP contribution is 2.43. The van der Waals surface area contributed by atoms with Crippen LogP contribution in [0.2, 0.25) is 0 Å². The van der Waals surface area contributed by atoms with Crippen LogP contribution in [0.15, 0.2) is 41.8 Å². The lowest BCUT2D eigenvalue weighted by atomic mass is 9.77. The van der Waals surface area contributed by atoms with Crippen LogP contribution in [0.1, 0.15) is 81.6 Å². The average Bonchev–Trinajstić information content (AvgIpc) is 3.35. The van der Waals surface area contributed by atoms with Crippen molar-refractivity contribution in [1.29, 1.82) is 0 Å². The fraction of sp³-hybridized carbons (Fsp3) is 0.556. The van der Waals surface area contributed by atoms with Gasteiger partial charge < -0.3 is 10.6 Å². The maximum atomic E-state index is 12.5. The molecule has 0 radical (unpaired) electrons. The van der Waals surface area contributed by atoms with Crippen LogP contribution < -0.4 is 10.6 Å². The molecule has 1 heterocycles. The minimum atomic E-state index is -0.0385. The van der Waals surface area contributed by atoms with E-state index in [1.54, 1.807) is 0 Å². The van der Waals surface area contributed by atoms with Crippen molar-refractivity contribution in [2.45, 2.75) is 82.7 Å². The molecule has 0 saturated heterocycles. The van der Waals surface area contributed by atoms with Crippen molar-refractivity contribution in [2.75, 3.05) is 19.4 Å². The first-order valence-electron chi connectivity index (χ1n) is 12.2. The van der Waals surface area contributed by atoms with E-state index in [4.69, 9.17) is 0 Å². The van der Waals surface area contributed by atoms with E-state index in [9.17, 15) is 9.59 Å². The molecule has 1 aliphatic rings. The van der Waals surface area contributed by atoms with Gasteiger partial charge in [-0.3, -0.25) is 14.5 Å². The minimum Gasteiger partial charge on any atom is -0.353 e. The number of carbonyl (C=O) groups excluding carboxylic acids is 2. The summed E-state index contributed by atoms with van der Waals surface area (Å²) >= 11 is 1.82. The normalized spacial score (nSPS) is 21.5. The number of nitrogens with zero attached hydrogens (tertiary/aromatic N) is 1. The maximum absolute atomic E-state index is 12.5. The third-order valence-electron chi connectivity index (χ3n) is 7.20. The zero-order valence-corrected chi connectivity index (χ0v) is 21.3. The highest BCUT2D eigenvalue weighted by atomic mass is 32.1. The van der Waals surface area contributed by atoms with Gasteiger partial charge in [0.15, 0.2) is 0 Å². The second-order valence-electron chi connectivity index (χ2n) is 9.58. The van der Waals surface area contributed by atoms with Gasteiger partial charge in [0, 0.05) is 29.4 Å². The second kappa shape index (κ2) is 11.8. The third kappa shape index (κ3) is 6.67. The predicted molar refractivity (Wildman–Crippen MR) is 138 cm³/mol. The van der Waals surface area contributed by atoms with Crippen LogP contribution in [0, 0.1) is 0 Å². The fourth-order valence-electron chi connectivity index (χ4n) is 4.76. The van der Waals surface area contributed by atoms with Crippen LogP contribution in [0.5, 0.6) is 0 Å². The van der Waals surface area contributed by atoms with Gasteiger partial charge in [0.25, 0.3) is 0 Å². The lowest BCUT2D eigenvalue weighted by molar-refractivity contribution is -0.122. The molecule has 1 aromatic carbocycles. The SMILES string of the molecule is CCC(C)c1ccc(NC(=O)CCCC(=O)NC2CCC(c3cccs3)(N(C)C)CC2)cc1. The molecule has 1 aliphatic carbocycles. The van der Waals surface area contributed by atoms with E-state index in [0.29, 0.717) is 25.2 Å². The smallest absolute Gasteiger partial charge is 0.224 e. The number of anilines is 1. The highest BCUT2D eigenvalue weighted by molar-refractivity contribution is 7.10. The van der Waals surface area contributed by atoms with Crippen LogP contribution in [-0.4, -0.2) is 36.9 Å². The topological polar surface area (TPSA) is 61.4 Å². The molecule has 5 nitrogen and oxygen atoms in total. The van der Waals surface area contributed by atoms with Crippen LogP contribution in [0.4, 0.5) is 5.69 Å². The monoisotopic (exact) mass is 469 g/mol. The Morgan fingerprint density at radius 1 is 1.09 bits per heavy atom. The number of carbonyl (C=O) groups is 2. The van der Waals surface area contributed by atoms with Gasteiger partial charge in [-0.25, -0.2) is 0 Å². The number of rotatable bonds is 10. The molecule has 0 bridgehead atoms. The van der Waals surface area contributed by atoms with Gasteiger partial charge in [0.2, 0.25) is 11.8 Å². The molecule has 180 valence electrons. The van der Waals surface area contributed by atoms with Gasteiger partial charge in [-0.1, -0.05) is 32.0 Å². The molecule has 1 fully saturated rings. The van der Waals surface area contributed by atoms with Crippen molar-refractivity contribution < 1.29 is 9.59 Å². The number of amides is 2.